The van der Waals surface area contributed by atoms with Crippen LogP contribution in [0, 0.1) is 0 Å². The molecule has 2 atom stereocenters. The number of methoxy groups -OCH3 is 1. The molecule has 2 unspecified atom stereocenters. The number of nitrogens with zero attached hydrogens (tertiary/aromatic N) is 2. The monoisotopic (exact) mass is 172 g/mol. The van der Waals surface area contributed by atoms with Crippen LogP contribution in [0.4, 0.5) is 0 Å². The first-order valence-electron chi connectivity index (χ1n) is 3.46. The Labute approximate surface area is 70.3 Å². The fourth-order valence-corrected chi connectivity index (χ4v) is 1.66. The SMILES string of the molecule is COC1=C(C)N=CN2C(Cl)C12. The smallest absolute Gasteiger partial charge is 0.143 e. The van der Waals surface area contributed by atoms with Crippen molar-refractivity contribution in [3.05, 3.63) is 11.5 Å². The van der Waals surface area contributed by atoms with E-state index in [0.29, 0.717) is 0 Å². The van der Waals surface area contributed by atoms with Crippen LogP contribution in [0.3, 0.4) is 0 Å². The topological polar surface area (TPSA) is 24.6 Å². The maximum atomic E-state index is 5.92. The van der Waals surface area contributed by atoms with Gasteiger partial charge in [0.2, 0.25) is 0 Å². The first-order chi connectivity index (χ1) is 5.25. The van der Waals surface area contributed by atoms with E-state index in [9.17, 15) is 0 Å². The quantitative estimate of drug-likeness (QED) is 0.337. The van der Waals surface area contributed by atoms with Crippen LogP contribution >= 0.6 is 11.6 Å². The van der Waals surface area contributed by atoms with Crippen LogP contribution in [-0.4, -0.2) is 29.9 Å². The number of hydrogen-bond acceptors (Lipinski definition) is 3. The lowest BCUT2D eigenvalue weighted by atomic mass is 10.3. The largest absolute Gasteiger partial charge is 0.497 e. The maximum Gasteiger partial charge on any atom is 0.143 e. The minimum absolute atomic E-state index is 0.0474. The van der Waals surface area contributed by atoms with Crippen molar-refractivity contribution < 1.29 is 4.74 Å². The molecule has 2 heterocycles. The number of rotatable bonds is 1. The first kappa shape index (κ1) is 6.98. The third-order valence-electron chi connectivity index (χ3n) is 2.01. The summed E-state index contributed by atoms with van der Waals surface area (Å²) in [6.45, 7) is 1.93. The molecule has 0 bridgehead atoms. The second-order valence-corrected chi connectivity index (χ2v) is 3.11. The van der Waals surface area contributed by atoms with Crippen LogP contribution in [-0.2, 0) is 4.74 Å². The fourth-order valence-electron chi connectivity index (χ4n) is 1.31. The summed E-state index contributed by atoms with van der Waals surface area (Å²) in [5.41, 5.74) is 0.975. The Morgan fingerprint density at radius 2 is 2.45 bits per heavy atom. The Morgan fingerprint density at radius 1 is 1.73 bits per heavy atom. The summed E-state index contributed by atoms with van der Waals surface area (Å²) in [7, 11) is 1.65. The normalized spacial score (nSPS) is 33.9. The number of ether oxygens (including phenoxy) is 1. The fraction of sp³-hybridized carbons (Fsp3) is 0.571. The van der Waals surface area contributed by atoms with Gasteiger partial charge < -0.3 is 9.64 Å². The average Bonchev–Trinajstić information content (AvgIpc) is 2.63. The summed E-state index contributed by atoms with van der Waals surface area (Å²) in [5, 5.41) is 0. The Morgan fingerprint density at radius 3 is 3.00 bits per heavy atom. The van der Waals surface area contributed by atoms with E-state index in [0.717, 1.165) is 11.5 Å². The van der Waals surface area contributed by atoms with Gasteiger partial charge in [-0.25, -0.2) is 4.99 Å². The predicted octanol–water partition coefficient (Wildman–Crippen LogP) is 1.16. The van der Waals surface area contributed by atoms with Crippen molar-refractivity contribution in [2.45, 2.75) is 18.5 Å². The van der Waals surface area contributed by atoms with Crippen LogP contribution in [0.5, 0.6) is 0 Å². The second-order valence-electron chi connectivity index (χ2n) is 2.66. The van der Waals surface area contributed by atoms with Gasteiger partial charge in [-0.1, -0.05) is 11.6 Å². The molecule has 11 heavy (non-hydrogen) atoms. The van der Waals surface area contributed by atoms with Crippen LogP contribution in [0.1, 0.15) is 6.92 Å². The van der Waals surface area contributed by atoms with Crippen molar-refractivity contribution in [1.29, 1.82) is 0 Å². The highest BCUT2D eigenvalue weighted by Gasteiger charge is 2.50. The zero-order chi connectivity index (χ0) is 8.01. The number of fused-ring (bicyclic) bond motifs is 1. The number of alkyl halides is 1. The summed E-state index contributed by atoms with van der Waals surface area (Å²) in [5.74, 6) is 0.896. The summed E-state index contributed by atoms with van der Waals surface area (Å²) >= 11 is 5.92. The van der Waals surface area contributed by atoms with Gasteiger partial charge in [0.15, 0.2) is 0 Å². The zero-order valence-electron chi connectivity index (χ0n) is 6.41. The van der Waals surface area contributed by atoms with Crippen molar-refractivity contribution in [3.8, 4) is 0 Å². The number of halogens is 1. The Kier molecular flexibility index (Phi) is 1.36. The molecule has 2 aliphatic rings. The summed E-state index contributed by atoms with van der Waals surface area (Å²) in [4.78, 5) is 6.08. The molecule has 2 aliphatic heterocycles. The van der Waals surface area contributed by atoms with Gasteiger partial charge in [-0.15, -0.1) is 0 Å². The van der Waals surface area contributed by atoms with Gasteiger partial charge in [0, 0.05) is 0 Å². The van der Waals surface area contributed by atoms with Crippen LogP contribution in [0.25, 0.3) is 0 Å². The Balaban J connectivity index is 2.30. The van der Waals surface area contributed by atoms with Gasteiger partial charge in [-0.3, -0.25) is 0 Å². The summed E-state index contributed by atoms with van der Waals surface area (Å²) in [6.07, 6.45) is 1.76. The Bertz CT molecular complexity index is 249. The van der Waals surface area contributed by atoms with Gasteiger partial charge in [0.05, 0.1) is 19.1 Å². The average molecular weight is 173 g/mol. The molecule has 0 aromatic rings. The molecule has 0 aromatic heterocycles. The molecule has 1 fully saturated rings. The van der Waals surface area contributed by atoms with Gasteiger partial charge >= 0.3 is 0 Å². The lowest BCUT2D eigenvalue weighted by Crippen LogP contribution is -2.10. The molecule has 0 saturated carbocycles. The van der Waals surface area contributed by atoms with Gasteiger partial charge in [-0.2, -0.15) is 0 Å². The van der Waals surface area contributed by atoms with Crippen LogP contribution in [0.2, 0.25) is 0 Å². The van der Waals surface area contributed by atoms with Crippen molar-refractivity contribution in [2.75, 3.05) is 7.11 Å². The highest BCUT2D eigenvalue weighted by atomic mass is 35.5. The van der Waals surface area contributed by atoms with Gasteiger partial charge in [0.1, 0.15) is 17.3 Å². The van der Waals surface area contributed by atoms with E-state index in [1.165, 1.54) is 0 Å². The second kappa shape index (κ2) is 2.14. The maximum absolute atomic E-state index is 5.92. The molecule has 2 rings (SSSR count). The standard InChI is InChI=1S/C7H9ClN2O/c1-4-6(11-2)5-7(8)10(5)3-9-4/h3,5,7H,1-2H3. The van der Waals surface area contributed by atoms with E-state index in [-0.39, 0.29) is 11.5 Å². The summed E-state index contributed by atoms with van der Waals surface area (Å²) in [6, 6.07) is 0.235. The molecule has 60 valence electrons. The molecule has 0 amide bonds. The van der Waals surface area contributed by atoms with E-state index in [1.807, 2.05) is 11.8 Å². The third-order valence-corrected chi connectivity index (χ3v) is 2.47. The third kappa shape index (κ3) is 0.839. The molecular weight excluding hydrogens is 164 g/mol. The Hall–Kier alpha value is -0.700. The van der Waals surface area contributed by atoms with E-state index in [4.69, 9.17) is 16.3 Å². The molecule has 0 N–H and O–H groups in total. The van der Waals surface area contributed by atoms with Crippen LogP contribution < -0.4 is 0 Å². The first-order valence-corrected chi connectivity index (χ1v) is 3.90. The highest BCUT2D eigenvalue weighted by Crippen LogP contribution is 2.39. The van der Waals surface area contributed by atoms with E-state index < -0.39 is 0 Å². The molecule has 3 nitrogen and oxygen atoms in total. The minimum atomic E-state index is 0.0474. The van der Waals surface area contributed by atoms with Gasteiger partial charge in [0.25, 0.3) is 0 Å². The zero-order valence-corrected chi connectivity index (χ0v) is 7.17. The van der Waals surface area contributed by atoms with E-state index >= 15 is 0 Å². The van der Waals surface area contributed by atoms with Crippen molar-refractivity contribution in [2.24, 2.45) is 4.99 Å². The van der Waals surface area contributed by atoms with Gasteiger partial charge in [-0.05, 0) is 6.92 Å². The molecule has 4 heteroatoms. The van der Waals surface area contributed by atoms with Crippen LogP contribution in [0.15, 0.2) is 16.4 Å². The minimum Gasteiger partial charge on any atom is -0.497 e. The molecular formula is C7H9ClN2O. The van der Waals surface area contributed by atoms with Crippen molar-refractivity contribution in [1.82, 2.24) is 4.90 Å². The van der Waals surface area contributed by atoms with E-state index in [2.05, 4.69) is 4.99 Å². The lowest BCUT2D eigenvalue weighted by molar-refractivity contribution is 0.269. The number of hydrogen-bond donors (Lipinski definition) is 0. The molecule has 0 aromatic carbocycles. The van der Waals surface area contributed by atoms with Crippen molar-refractivity contribution in [3.63, 3.8) is 0 Å². The lowest BCUT2D eigenvalue weighted by Gasteiger charge is -2.09. The number of aliphatic imine (C=N–C) groups is 1. The van der Waals surface area contributed by atoms with Crippen molar-refractivity contribution >= 4 is 17.9 Å². The predicted molar refractivity (Wildman–Crippen MR) is 43.5 cm³/mol. The molecule has 1 saturated heterocycles. The summed E-state index contributed by atoms with van der Waals surface area (Å²) < 4.78 is 5.17. The number of allylic oxidation sites excluding steroid dienone is 1. The highest BCUT2D eigenvalue weighted by molar-refractivity contribution is 6.24. The van der Waals surface area contributed by atoms with E-state index in [1.54, 1.807) is 13.4 Å². The molecule has 0 radical (unpaired) electrons. The molecule has 0 spiro atoms. The molecule has 0 aliphatic carbocycles.